The van der Waals surface area contributed by atoms with E-state index in [0.29, 0.717) is 36.8 Å². The van der Waals surface area contributed by atoms with Crippen LogP contribution in [0.3, 0.4) is 0 Å². The van der Waals surface area contributed by atoms with Gasteiger partial charge < -0.3 is 15.5 Å². The molecule has 0 fully saturated rings. The highest BCUT2D eigenvalue weighted by molar-refractivity contribution is 5.96. The molecule has 8 nitrogen and oxygen atoms in total. The molecule has 0 saturated carbocycles. The predicted molar refractivity (Wildman–Crippen MR) is 149 cm³/mol. The maximum absolute atomic E-state index is 13.4. The van der Waals surface area contributed by atoms with Gasteiger partial charge in [-0.15, -0.1) is 0 Å². The number of fused-ring (bicyclic) bond motifs is 1. The lowest BCUT2D eigenvalue weighted by Crippen LogP contribution is -2.48. The molecule has 0 saturated heterocycles. The van der Waals surface area contributed by atoms with E-state index in [1.54, 1.807) is 36.1 Å². The van der Waals surface area contributed by atoms with Crippen molar-refractivity contribution in [3.05, 3.63) is 64.7 Å². The van der Waals surface area contributed by atoms with E-state index in [9.17, 15) is 14.4 Å². The molecule has 0 atom stereocenters. The fourth-order valence-corrected chi connectivity index (χ4v) is 4.38. The number of anilines is 1. The molecular weight excluding hydrogens is 466 g/mol. The summed E-state index contributed by atoms with van der Waals surface area (Å²) in [6, 6.07) is 13.5. The van der Waals surface area contributed by atoms with Crippen molar-refractivity contribution in [2.24, 2.45) is 5.92 Å². The Morgan fingerprint density at radius 2 is 1.68 bits per heavy atom. The molecule has 37 heavy (non-hydrogen) atoms. The maximum atomic E-state index is 13.4. The number of aryl methyl sites for hydroxylation is 1. The van der Waals surface area contributed by atoms with Gasteiger partial charge in [-0.25, -0.2) is 5.01 Å². The number of nitrogens with one attached hydrogen (secondary N) is 2. The summed E-state index contributed by atoms with van der Waals surface area (Å²) in [5.74, 6) is 0.0960. The van der Waals surface area contributed by atoms with Crippen molar-refractivity contribution in [2.45, 2.75) is 54.1 Å². The number of carbonyl (C=O) groups excluding carboxylic acids is 3. The zero-order valence-corrected chi connectivity index (χ0v) is 22.1. The third-order valence-electron chi connectivity index (χ3n) is 6.59. The number of nitrogens with zero attached hydrogens (tertiary/aromatic N) is 3. The van der Waals surface area contributed by atoms with Gasteiger partial charge in [-0.2, -0.15) is 0 Å². The van der Waals surface area contributed by atoms with Crippen LogP contribution in [0.4, 0.5) is 5.69 Å². The molecule has 2 aromatic carbocycles. The van der Waals surface area contributed by atoms with E-state index < -0.39 is 0 Å². The smallest absolute Gasteiger partial charge is 0.256 e. The Kier molecular flexibility index (Phi) is 11.1. The van der Waals surface area contributed by atoms with Gasteiger partial charge in [-0.3, -0.25) is 19.4 Å². The van der Waals surface area contributed by atoms with Crippen LogP contribution in [0.1, 0.15) is 61.2 Å². The predicted octanol–water partition coefficient (Wildman–Crippen LogP) is 3.74. The summed E-state index contributed by atoms with van der Waals surface area (Å²) in [6.45, 7) is 8.21. The monoisotopic (exact) mass is 509 g/mol. The topological polar surface area (TPSA) is 85.0 Å². The van der Waals surface area contributed by atoms with Crippen LogP contribution in [0.2, 0.25) is 0 Å². The molecule has 0 bridgehead atoms. The number of benzene rings is 2. The summed E-state index contributed by atoms with van der Waals surface area (Å²) in [5, 5.41) is 9.27. The van der Waals surface area contributed by atoms with E-state index >= 15 is 0 Å². The lowest BCUT2D eigenvalue weighted by molar-refractivity contribution is -0.145. The normalized spacial score (nSPS) is 12.5. The SMILES string of the molecule is C.CNC(=O)c1ccc(C)c(N(CC(=O)NCCCC(C)C)CC(=O)N(C)N2Cc3ccccc3C2)c1. The summed E-state index contributed by atoms with van der Waals surface area (Å²) >= 11 is 0. The van der Waals surface area contributed by atoms with Crippen molar-refractivity contribution < 1.29 is 14.4 Å². The molecule has 0 radical (unpaired) electrons. The van der Waals surface area contributed by atoms with Gasteiger partial charge in [0.1, 0.15) is 0 Å². The van der Waals surface area contributed by atoms with Crippen molar-refractivity contribution >= 4 is 23.4 Å². The Morgan fingerprint density at radius 3 is 2.27 bits per heavy atom. The van der Waals surface area contributed by atoms with E-state index in [1.807, 2.05) is 30.1 Å². The van der Waals surface area contributed by atoms with Crippen molar-refractivity contribution in [1.29, 1.82) is 0 Å². The van der Waals surface area contributed by atoms with Crippen LogP contribution >= 0.6 is 0 Å². The van der Waals surface area contributed by atoms with Gasteiger partial charge in [0, 0.05) is 45.0 Å². The zero-order chi connectivity index (χ0) is 26.2. The van der Waals surface area contributed by atoms with Crippen LogP contribution in [0, 0.1) is 12.8 Å². The van der Waals surface area contributed by atoms with E-state index in [2.05, 4.69) is 36.6 Å². The van der Waals surface area contributed by atoms with Gasteiger partial charge in [-0.1, -0.05) is 51.6 Å². The molecule has 0 aliphatic carbocycles. The minimum Gasteiger partial charge on any atom is -0.355 e. The van der Waals surface area contributed by atoms with Crippen LogP contribution in [0.15, 0.2) is 42.5 Å². The molecular formula is C29H43N5O3. The fraction of sp³-hybridized carbons (Fsp3) is 0.483. The van der Waals surface area contributed by atoms with Gasteiger partial charge in [-0.05, 0) is 54.5 Å². The number of hydrogen-bond acceptors (Lipinski definition) is 5. The first kappa shape index (κ1) is 29.8. The summed E-state index contributed by atoms with van der Waals surface area (Å²) in [6.07, 6.45) is 1.95. The van der Waals surface area contributed by atoms with Crippen LogP contribution < -0.4 is 15.5 Å². The molecule has 3 amide bonds. The second-order valence-electron chi connectivity index (χ2n) is 9.83. The molecule has 2 N–H and O–H groups in total. The van der Waals surface area contributed by atoms with Crippen LogP contribution in [0.5, 0.6) is 0 Å². The lowest BCUT2D eigenvalue weighted by Gasteiger charge is -2.32. The van der Waals surface area contributed by atoms with Crippen LogP contribution in [0.25, 0.3) is 0 Å². The standard InChI is InChI=1S/C28H39N5O3.CH4/c1-20(2)9-8-14-30-26(34)18-32(25-15-22(28(36)29-4)13-12-21(25)3)19-27(35)31(5)33-16-23-10-6-7-11-24(23)17-33;/h6-7,10-13,15,20H,8-9,14,16-19H2,1-5H3,(H,29,36)(H,30,34);1H4. The van der Waals surface area contributed by atoms with Gasteiger partial charge in [0.05, 0.1) is 13.1 Å². The largest absolute Gasteiger partial charge is 0.355 e. The average Bonchev–Trinajstić information content (AvgIpc) is 3.29. The molecule has 202 valence electrons. The second kappa shape index (κ2) is 13.8. The van der Waals surface area contributed by atoms with Crippen molar-refractivity contribution in [2.75, 3.05) is 38.6 Å². The summed E-state index contributed by atoms with van der Waals surface area (Å²) in [5.41, 5.74) is 4.49. The summed E-state index contributed by atoms with van der Waals surface area (Å²) in [4.78, 5) is 40.3. The van der Waals surface area contributed by atoms with E-state index in [4.69, 9.17) is 0 Å². The summed E-state index contributed by atoms with van der Waals surface area (Å²) in [7, 11) is 3.35. The van der Waals surface area contributed by atoms with Gasteiger partial charge in [0.2, 0.25) is 5.91 Å². The number of carbonyl (C=O) groups is 3. The quantitative estimate of drug-likeness (QED) is 0.451. The number of hydrazine groups is 1. The molecule has 0 aromatic heterocycles. The zero-order valence-electron chi connectivity index (χ0n) is 22.1. The van der Waals surface area contributed by atoms with Crippen LogP contribution in [-0.4, -0.2) is 61.5 Å². The lowest BCUT2D eigenvalue weighted by atomic mass is 10.1. The first-order valence-electron chi connectivity index (χ1n) is 12.6. The minimum atomic E-state index is -0.215. The molecule has 8 heteroatoms. The molecule has 0 spiro atoms. The Balaban J connectivity index is 0.00000481. The van der Waals surface area contributed by atoms with Crippen molar-refractivity contribution in [3.8, 4) is 0 Å². The highest BCUT2D eigenvalue weighted by atomic mass is 16.2. The van der Waals surface area contributed by atoms with E-state index in [0.717, 1.165) is 18.4 Å². The van der Waals surface area contributed by atoms with Gasteiger partial charge in [0.15, 0.2) is 0 Å². The Bertz CT molecular complexity index is 1060. The second-order valence-corrected chi connectivity index (χ2v) is 9.83. The first-order chi connectivity index (χ1) is 17.2. The van der Waals surface area contributed by atoms with Gasteiger partial charge >= 0.3 is 0 Å². The van der Waals surface area contributed by atoms with E-state index in [-0.39, 0.29) is 38.2 Å². The third kappa shape index (κ3) is 8.05. The molecule has 2 aromatic rings. The summed E-state index contributed by atoms with van der Waals surface area (Å²) < 4.78 is 0. The minimum absolute atomic E-state index is 0. The Labute approximate surface area is 222 Å². The fourth-order valence-electron chi connectivity index (χ4n) is 4.38. The van der Waals surface area contributed by atoms with Crippen LogP contribution in [-0.2, 0) is 22.7 Å². The number of amides is 3. The van der Waals surface area contributed by atoms with Crippen molar-refractivity contribution in [3.63, 3.8) is 0 Å². The Morgan fingerprint density at radius 1 is 1.03 bits per heavy atom. The molecule has 1 heterocycles. The molecule has 3 rings (SSSR count). The molecule has 1 aliphatic rings. The molecule has 0 unspecified atom stereocenters. The molecule has 1 aliphatic heterocycles. The maximum Gasteiger partial charge on any atom is 0.256 e. The first-order valence-corrected chi connectivity index (χ1v) is 12.6. The number of rotatable bonds is 11. The average molecular weight is 510 g/mol. The highest BCUT2D eigenvalue weighted by Crippen LogP contribution is 2.25. The third-order valence-corrected chi connectivity index (χ3v) is 6.59. The van der Waals surface area contributed by atoms with Crippen molar-refractivity contribution in [1.82, 2.24) is 20.7 Å². The Hall–Kier alpha value is -3.39. The van der Waals surface area contributed by atoms with E-state index in [1.165, 1.54) is 11.1 Å². The highest BCUT2D eigenvalue weighted by Gasteiger charge is 2.27. The number of hydrogen-bond donors (Lipinski definition) is 2. The number of likely N-dealkylation sites (N-methyl/N-ethyl adjacent to an activating group) is 1. The van der Waals surface area contributed by atoms with Gasteiger partial charge in [0.25, 0.3) is 11.8 Å².